The van der Waals surface area contributed by atoms with Gasteiger partial charge in [0.05, 0.1) is 19.1 Å². The standard InChI is InChI=1S/C12H14N4O/c1-17-8-7-16(6-2-4-13)12-3-5-15-11(9-12)10-14/h3,5,9H,2,6-8H2,1H3. The molecule has 0 saturated carbocycles. The van der Waals surface area contributed by atoms with Gasteiger partial charge in [0.25, 0.3) is 0 Å². The Bertz CT molecular complexity index is 433. The van der Waals surface area contributed by atoms with Crippen molar-refractivity contribution in [1.82, 2.24) is 4.98 Å². The highest BCUT2D eigenvalue weighted by atomic mass is 16.5. The van der Waals surface area contributed by atoms with E-state index in [1.54, 1.807) is 19.4 Å². The van der Waals surface area contributed by atoms with Crippen LogP contribution in [0.4, 0.5) is 5.69 Å². The maximum absolute atomic E-state index is 8.79. The lowest BCUT2D eigenvalue weighted by Gasteiger charge is -2.23. The Hall–Kier alpha value is -2.11. The second-order valence-electron chi connectivity index (χ2n) is 3.40. The molecule has 17 heavy (non-hydrogen) atoms. The van der Waals surface area contributed by atoms with Gasteiger partial charge in [0, 0.05) is 32.1 Å². The normalized spacial score (nSPS) is 9.35. The molecule has 0 aliphatic carbocycles. The van der Waals surface area contributed by atoms with Crippen molar-refractivity contribution in [2.45, 2.75) is 6.42 Å². The van der Waals surface area contributed by atoms with Crippen LogP contribution in [0.3, 0.4) is 0 Å². The number of nitriles is 2. The first-order valence-corrected chi connectivity index (χ1v) is 5.28. The van der Waals surface area contributed by atoms with Crippen molar-refractivity contribution < 1.29 is 4.74 Å². The number of rotatable bonds is 6. The average Bonchev–Trinajstić information content (AvgIpc) is 2.39. The lowest BCUT2D eigenvalue weighted by atomic mass is 10.2. The van der Waals surface area contributed by atoms with Crippen molar-refractivity contribution in [3.05, 3.63) is 24.0 Å². The molecule has 0 aromatic carbocycles. The van der Waals surface area contributed by atoms with Crippen molar-refractivity contribution in [2.75, 3.05) is 31.7 Å². The van der Waals surface area contributed by atoms with Crippen LogP contribution in [0.15, 0.2) is 18.3 Å². The third kappa shape index (κ3) is 4.10. The Kier molecular flexibility index (Phi) is 5.50. The lowest BCUT2D eigenvalue weighted by molar-refractivity contribution is 0.205. The van der Waals surface area contributed by atoms with Gasteiger partial charge in [0.15, 0.2) is 0 Å². The highest BCUT2D eigenvalue weighted by molar-refractivity contribution is 5.48. The summed E-state index contributed by atoms with van der Waals surface area (Å²) in [6.07, 6.45) is 2.04. The molecule has 0 radical (unpaired) electrons. The summed E-state index contributed by atoms with van der Waals surface area (Å²) in [7, 11) is 1.63. The summed E-state index contributed by atoms with van der Waals surface area (Å²) in [6, 6.07) is 7.65. The number of nitrogens with zero attached hydrogens (tertiary/aromatic N) is 4. The molecule has 0 amide bonds. The zero-order valence-corrected chi connectivity index (χ0v) is 9.76. The number of aromatic nitrogens is 1. The third-order valence-corrected chi connectivity index (χ3v) is 2.28. The quantitative estimate of drug-likeness (QED) is 0.736. The van der Waals surface area contributed by atoms with Crippen LogP contribution < -0.4 is 4.90 Å². The smallest absolute Gasteiger partial charge is 0.142 e. The molecule has 0 atom stereocenters. The van der Waals surface area contributed by atoms with Crippen LogP contribution in [-0.2, 0) is 4.74 Å². The van der Waals surface area contributed by atoms with Crippen LogP contribution in [0.2, 0.25) is 0 Å². The predicted octanol–water partition coefficient (Wildman–Crippen LogP) is 1.32. The molecule has 0 aliphatic rings. The Morgan fingerprint density at radius 3 is 2.88 bits per heavy atom. The molecule has 0 spiro atoms. The van der Waals surface area contributed by atoms with Gasteiger partial charge in [0.2, 0.25) is 0 Å². The van der Waals surface area contributed by atoms with E-state index in [9.17, 15) is 0 Å². The molecule has 0 saturated heterocycles. The molecule has 0 aliphatic heterocycles. The minimum atomic E-state index is 0.377. The number of hydrogen-bond acceptors (Lipinski definition) is 5. The zero-order chi connectivity index (χ0) is 12.5. The molecular formula is C12H14N4O. The highest BCUT2D eigenvalue weighted by Crippen LogP contribution is 2.14. The number of hydrogen-bond donors (Lipinski definition) is 0. The Morgan fingerprint density at radius 1 is 1.41 bits per heavy atom. The van der Waals surface area contributed by atoms with Gasteiger partial charge in [-0.1, -0.05) is 0 Å². The van der Waals surface area contributed by atoms with E-state index in [4.69, 9.17) is 15.3 Å². The fourth-order valence-corrected chi connectivity index (χ4v) is 1.43. The molecular weight excluding hydrogens is 216 g/mol. The van der Waals surface area contributed by atoms with Crippen LogP contribution >= 0.6 is 0 Å². The summed E-state index contributed by atoms with van der Waals surface area (Å²) >= 11 is 0. The number of pyridine rings is 1. The van der Waals surface area contributed by atoms with Gasteiger partial charge in [-0.05, 0) is 12.1 Å². The van der Waals surface area contributed by atoms with Crippen LogP contribution in [0.1, 0.15) is 12.1 Å². The molecule has 88 valence electrons. The third-order valence-electron chi connectivity index (χ3n) is 2.28. The summed E-state index contributed by atoms with van der Waals surface area (Å²) < 4.78 is 5.03. The largest absolute Gasteiger partial charge is 0.383 e. The van der Waals surface area contributed by atoms with Gasteiger partial charge < -0.3 is 9.64 Å². The minimum Gasteiger partial charge on any atom is -0.383 e. The van der Waals surface area contributed by atoms with Crippen LogP contribution in [-0.4, -0.2) is 31.8 Å². The topological polar surface area (TPSA) is 72.9 Å². The van der Waals surface area contributed by atoms with E-state index in [0.717, 1.165) is 5.69 Å². The first-order chi connectivity index (χ1) is 8.31. The fraction of sp³-hybridized carbons (Fsp3) is 0.417. The maximum Gasteiger partial charge on any atom is 0.142 e. The maximum atomic E-state index is 8.79. The van der Waals surface area contributed by atoms with Gasteiger partial charge in [-0.15, -0.1) is 0 Å². The van der Waals surface area contributed by atoms with Gasteiger partial charge >= 0.3 is 0 Å². The molecule has 0 bridgehead atoms. The number of methoxy groups -OCH3 is 1. The van der Waals surface area contributed by atoms with Crippen LogP contribution in [0.25, 0.3) is 0 Å². The van der Waals surface area contributed by atoms with E-state index < -0.39 is 0 Å². The molecule has 1 aromatic rings. The van der Waals surface area contributed by atoms with E-state index in [1.807, 2.05) is 17.0 Å². The highest BCUT2D eigenvalue weighted by Gasteiger charge is 2.07. The summed E-state index contributed by atoms with van der Waals surface area (Å²) in [4.78, 5) is 5.93. The van der Waals surface area contributed by atoms with E-state index in [1.165, 1.54) is 0 Å². The van der Waals surface area contributed by atoms with Gasteiger partial charge in [-0.25, -0.2) is 4.98 Å². The first-order valence-electron chi connectivity index (χ1n) is 5.28. The molecule has 1 heterocycles. The minimum absolute atomic E-state index is 0.377. The summed E-state index contributed by atoms with van der Waals surface area (Å²) in [6.45, 7) is 1.89. The second-order valence-corrected chi connectivity index (χ2v) is 3.40. The summed E-state index contributed by atoms with van der Waals surface area (Å²) in [5, 5.41) is 17.4. The number of ether oxygens (including phenoxy) is 1. The molecule has 0 N–H and O–H groups in total. The molecule has 5 nitrogen and oxygen atoms in total. The van der Waals surface area contributed by atoms with Crippen molar-refractivity contribution in [1.29, 1.82) is 10.5 Å². The molecule has 0 fully saturated rings. The predicted molar refractivity (Wildman–Crippen MR) is 63.3 cm³/mol. The second kappa shape index (κ2) is 7.21. The van der Waals surface area contributed by atoms with Gasteiger partial charge in [-0.2, -0.15) is 10.5 Å². The van der Waals surface area contributed by atoms with E-state index in [-0.39, 0.29) is 0 Å². The van der Waals surface area contributed by atoms with Gasteiger partial charge in [0.1, 0.15) is 11.8 Å². The van der Waals surface area contributed by atoms with Gasteiger partial charge in [-0.3, -0.25) is 0 Å². The molecule has 0 unspecified atom stereocenters. The average molecular weight is 230 g/mol. The fourth-order valence-electron chi connectivity index (χ4n) is 1.43. The molecule has 1 aromatic heterocycles. The Labute approximate surface area is 101 Å². The molecule has 5 heteroatoms. The Morgan fingerprint density at radius 2 is 2.24 bits per heavy atom. The van der Waals surface area contributed by atoms with Crippen molar-refractivity contribution >= 4 is 5.69 Å². The van der Waals surface area contributed by atoms with Crippen LogP contribution in [0.5, 0.6) is 0 Å². The van der Waals surface area contributed by atoms with E-state index >= 15 is 0 Å². The lowest BCUT2D eigenvalue weighted by Crippen LogP contribution is -2.28. The van der Waals surface area contributed by atoms with E-state index in [2.05, 4.69) is 11.1 Å². The Balaban J connectivity index is 2.80. The molecule has 1 rings (SSSR count). The zero-order valence-electron chi connectivity index (χ0n) is 9.76. The van der Waals surface area contributed by atoms with Crippen molar-refractivity contribution in [3.63, 3.8) is 0 Å². The van der Waals surface area contributed by atoms with Crippen molar-refractivity contribution in [3.8, 4) is 12.1 Å². The summed E-state index contributed by atoms with van der Waals surface area (Å²) in [5.74, 6) is 0. The monoisotopic (exact) mass is 230 g/mol. The van der Waals surface area contributed by atoms with Crippen LogP contribution in [0, 0.1) is 22.7 Å². The first kappa shape index (κ1) is 13.0. The van der Waals surface area contributed by atoms with Crippen molar-refractivity contribution in [2.24, 2.45) is 0 Å². The summed E-state index contributed by atoms with van der Waals surface area (Å²) in [5.41, 5.74) is 1.27. The van der Waals surface area contributed by atoms with E-state index in [0.29, 0.717) is 31.8 Å². The SMILES string of the molecule is COCCN(CCC#N)c1ccnc(C#N)c1. The number of anilines is 1.